The molecule has 1 aliphatic rings. The highest BCUT2D eigenvalue weighted by atomic mass is 16.5. The first-order chi connectivity index (χ1) is 18.9. The summed E-state index contributed by atoms with van der Waals surface area (Å²) in [5.74, 6) is -0.349. The van der Waals surface area contributed by atoms with Crippen molar-refractivity contribution >= 4 is 17.4 Å². The van der Waals surface area contributed by atoms with Gasteiger partial charge in [0.2, 0.25) is 5.75 Å². The van der Waals surface area contributed by atoms with Crippen LogP contribution >= 0.6 is 0 Å². The van der Waals surface area contributed by atoms with Gasteiger partial charge in [0.25, 0.3) is 11.7 Å². The van der Waals surface area contributed by atoms with Crippen LogP contribution in [0.4, 0.5) is 0 Å². The summed E-state index contributed by atoms with van der Waals surface area (Å²) >= 11 is 0. The van der Waals surface area contributed by atoms with Crippen molar-refractivity contribution in [3.63, 3.8) is 0 Å². The fourth-order valence-corrected chi connectivity index (χ4v) is 4.77. The molecule has 0 aromatic heterocycles. The third-order valence-electron chi connectivity index (χ3n) is 6.86. The molecular weight excluding hydrogens is 514 g/mol. The van der Waals surface area contributed by atoms with Gasteiger partial charge in [-0.1, -0.05) is 26.8 Å². The molecule has 1 aliphatic heterocycles. The van der Waals surface area contributed by atoms with Crippen LogP contribution in [0.15, 0.2) is 35.9 Å². The molecule has 1 atom stereocenters. The summed E-state index contributed by atoms with van der Waals surface area (Å²) in [5, 5.41) is 11.7. The maximum absolute atomic E-state index is 13.6. The van der Waals surface area contributed by atoms with Crippen LogP contribution in [0.2, 0.25) is 0 Å². The number of Topliss-reactive ketones (excluding diaryl/α,β-unsaturated/α-hetero) is 1. The molecule has 3 rings (SSSR count). The van der Waals surface area contributed by atoms with Gasteiger partial charge in [-0.2, -0.15) is 0 Å². The zero-order chi connectivity index (χ0) is 29.8. The van der Waals surface area contributed by atoms with E-state index < -0.39 is 17.7 Å². The predicted molar refractivity (Wildman–Crippen MR) is 153 cm³/mol. The number of aliphatic hydroxyl groups is 1. The van der Waals surface area contributed by atoms with Crippen molar-refractivity contribution in [2.75, 3.05) is 41.6 Å². The number of methoxy groups -OCH3 is 4. The lowest BCUT2D eigenvalue weighted by atomic mass is 9.85. The Bertz CT molecular complexity index is 1250. The minimum atomic E-state index is -0.921. The molecule has 0 spiro atoms. The van der Waals surface area contributed by atoms with Crippen LogP contribution < -0.4 is 18.9 Å². The van der Waals surface area contributed by atoms with E-state index in [1.54, 1.807) is 24.3 Å². The number of nitrogens with zero attached hydrogens (tertiary/aromatic N) is 1. The Kier molecular flexibility index (Phi) is 9.73. The largest absolute Gasteiger partial charge is 0.507 e. The van der Waals surface area contributed by atoms with E-state index in [1.807, 2.05) is 40.7 Å². The normalized spacial score (nSPS) is 16.9. The number of carbonyl (C=O) groups excluding carboxylic acids is 2. The molecule has 0 saturated carbocycles. The Balaban J connectivity index is 2.28. The lowest BCUT2D eigenvalue weighted by Crippen LogP contribution is -2.31. The minimum absolute atomic E-state index is 0.0314. The molecule has 1 heterocycles. The van der Waals surface area contributed by atoms with Gasteiger partial charge < -0.3 is 33.7 Å². The average Bonchev–Trinajstić information content (AvgIpc) is 3.17. The smallest absolute Gasteiger partial charge is 0.295 e. The van der Waals surface area contributed by atoms with Gasteiger partial charge in [0.05, 0.1) is 51.7 Å². The highest BCUT2D eigenvalue weighted by molar-refractivity contribution is 6.46. The molecule has 0 aliphatic carbocycles. The van der Waals surface area contributed by atoms with Crippen molar-refractivity contribution in [3.8, 4) is 23.0 Å². The molecule has 0 bridgehead atoms. The first-order valence-corrected chi connectivity index (χ1v) is 13.3. The molecule has 2 aromatic carbocycles. The van der Waals surface area contributed by atoms with Crippen LogP contribution in [0.5, 0.6) is 23.0 Å². The van der Waals surface area contributed by atoms with Crippen molar-refractivity contribution in [2.24, 2.45) is 0 Å². The van der Waals surface area contributed by atoms with Crippen molar-refractivity contribution in [1.29, 1.82) is 0 Å². The summed E-state index contributed by atoms with van der Waals surface area (Å²) in [7, 11) is 5.97. The summed E-state index contributed by atoms with van der Waals surface area (Å²) in [5.41, 5.74) is 1.49. The van der Waals surface area contributed by atoms with E-state index in [1.165, 1.54) is 33.3 Å². The number of hydrogen-bond acceptors (Lipinski definition) is 8. The molecular formula is C31H41NO8. The summed E-state index contributed by atoms with van der Waals surface area (Å²) in [6, 6.07) is 7.92. The van der Waals surface area contributed by atoms with Gasteiger partial charge in [-0.25, -0.2) is 0 Å². The van der Waals surface area contributed by atoms with Crippen molar-refractivity contribution in [2.45, 2.75) is 58.6 Å². The fraction of sp³-hybridized carbons (Fsp3) is 0.484. The molecule has 1 saturated heterocycles. The fourth-order valence-electron chi connectivity index (χ4n) is 4.77. The number of rotatable bonds is 11. The monoisotopic (exact) mass is 555 g/mol. The molecule has 2 aromatic rings. The van der Waals surface area contributed by atoms with E-state index in [0.717, 1.165) is 5.56 Å². The highest BCUT2D eigenvalue weighted by Crippen LogP contribution is 2.46. The van der Waals surface area contributed by atoms with Gasteiger partial charge in [-0.3, -0.25) is 9.59 Å². The maximum Gasteiger partial charge on any atom is 0.295 e. The zero-order valence-electron chi connectivity index (χ0n) is 24.9. The van der Waals surface area contributed by atoms with Gasteiger partial charge in [-0.15, -0.1) is 0 Å². The van der Waals surface area contributed by atoms with Gasteiger partial charge in [0, 0.05) is 13.2 Å². The quantitative estimate of drug-likeness (QED) is 0.173. The van der Waals surface area contributed by atoms with E-state index in [0.29, 0.717) is 47.2 Å². The molecule has 40 heavy (non-hydrogen) atoms. The van der Waals surface area contributed by atoms with E-state index >= 15 is 0 Å². The number of aliphatic hydroxyl groups excluding tert-OH is 1. The number of likely N-dealkylation sites (tertiary alicyclic amines) is 1. The van der Waals surface area contributed by atoms with Crippen LogP contribution in [0.1, 0.15) is 63.8 Å². The molecule has 1 unspecified atom stereocenters. The third kappa shape index (κ3) is 6.20. The number of benzene rings is 2. The first-order valence-electron chi connectivity index (χ1n) is 13.3. The second-order valence-corrected chi connectivity index (χ2v) is 10.9. The number of ether oxygens (including phenoxy) is 5. The summed E-state index contributed by atoms with van der Waals surface area (Å²) in [6.45, 7) is 10.6. The Morgan fingerprint density at radius 1 is 0.925 bits per heavy atom. The lowest BCUT2D eigenvalue weighted by molar-refractivity contribution is -0.140. The third-order valence-corrected chi connectivity index (χ3v) is 6.86. The van der Waals surface area contributed by atoms with E-state index in [9.17, 15) is 14.7 Å². The molecule has 1 N–H and O–H groups in total. The van der Waals surface area contributed by atoms with Gasteiger partial charge >= 0.3 is 0 Å². The lowest BCUT2D eigenvalue weighted by Gasteiger charge is -2.27. The predicted octanol–water partition coefficient (Wildman–Crippen LogP) is 5.26. The van der Waals surface area contributed by atoms with Crippen LogP contribution in [0, 0.1) is 0 Å². The standard InChI is InChI=1S/C31H41NO8/c1-18(2)40-14-10-13-32-26(19-15-23(37-7)29(39-9)24(16-19)38-8)25(28(34)30(32)35)27(33)21-17-20(31(3,4)5)11-12-22(21)36-6/h11-12,15-18,26,33H,10,13-14H2,1-9H3/b27-25+. The minimum Gasteiger partial charge on any atom is -0.507 e. The van der Waals surface area contributed by atoms with Crippen LogP contribution in [-0.2, 0) is 19.7 Å². The van der Waals surface area contributed by atoms with Crippen molar-refractivity contribution in [1.82, 2.24) is 4.90 Å². The van der Waals surface area contributed by atoms with E-state index in [-0.39, 0.29) is 29.4 Å². The molecule has 1 fully saturated rings. The first kappa shape index (κ1) is 30.8. The SMILES string of the molecule is COc1ccc(C(C)(C)C)cc1/C(O)=C1\C(=O)C(=O)N(CCCOC(C)C)C1c1cc(OC)c(OC)c(OC)c1. The van der Waals surface area contributed by atoms with E-state index in [2.05, 4.69) is 0 Å². The van der Waals surface area contributed by atoms with Crippen LogP contribution in [0.25, 0.3) is 5.76 Å². The maximum atomic E-state index is 13.6. The average molecular weight is 556 g/mol. The van der Waals surface area contributed by atoms with Crippen LogP contribution in [-0.4, -0.2) is 69.4 Å². The van der Waals surface area contributed by atoms with Gasteiger partial charge in [0.15, 0.2) is 11.5 Å². The molecule has 9 heteroatoms. The molecule has 9 nitrogen and oxygen atoms in total. The Labute approximate surface area is 236 Å². The second-order valence-electron chi connectivity index (χ2n) is 10.9. The van der Waals surface area contributed by atoms with Crippen molar-refractivity contribution in [3.05, 3.63) is 52.6 Å². The summed E-state index contributed by atoms with van der Waals surface area (Å²) < 4.78 is 27.8. The van der Waals surface area contributed by atoms with E-state index in [4.69, 9.17) is 23.7 Å². The molecule has 0 radical (unpaired) electrons. The second kappa shape index (κ2) is 12.6. The number of carbonyl (C=O) groups is 2. The number of ketones is 1. The zero-order valence-corrected chi connectivity index (χ0v) is 24.9. The molecule has 218 valence electrons. The topological polar surface area (TPSA) is 104 Å². The Morgan fingerprint density at radius 3 is 2.02 bits per heavy atom. The summed E-state index contributed by atoms with van der Waals surface area (Å²) in [4.78, 5) is 28.5. The number of amides is 1. The Morgan fingerprint density at radius 2 is 1.52 bits per heavy atom. The van der Waals surface area contributed by atoms with Crippen molar-refractivity contribution < 1.29 is 38.4 Å². The van der Waals surface area contributed by atoms with Gasteiger partial charge in [-0.05, 0) is 61.1 Å². The van der Waals surface area contributed by atoms with Gasteiger partial charge in [0.1, 0.15) is 11.5 Å². The molecule has 1 amide bonds. The Hall–Kier alpha value is -3.72. The van der Waals surface area contributed by atoms with Crippen LogP contribution in [0.3, 0.4) is 0 Å². The number of hydrogen-bond donors (Lipinski definition) is 1. The highest BCUT2D eigenvalue weighted by Gasteiger charge is 2.46. The summed E-state index contributed by atoms with van der Waals surface area (Å²) in [6.07, 6.45) is 0.526.